The lowest BCUT2D eigenvalue weighted by Gasteiger charge is -2.26. The molecule has 0 fully saturated rings. The van der Waals surface area contributed by atoms with Gasteiger partial charge in [0.15, 0.2) is 0 Å². The standard InChI is InChI=1S/C11H5ClF7NO4/c12-7-2-1-6(20(22)23)3-5(7)4-24-8(21)9(13,14)10(15,16)11(17,18)19/h1-3H,4H2. The third-order valence-electron chi connectivity index (χ3n) is 2.61. The number of halogens is 8. The Balaban J connectivity index is 2.97. The third kappa shape index (κ3) is 3.68. The molecule has 0 aliphatic rings. The lowest BCUT2D eigenvalue weighted by atomic mass is 10.1. The Bertz CT molecular complexity index is 662. The van der Waals surface area contributed by atoms with Crippen LogP contribution in [-0.2, 0) is 16.1 Å². The average Bonchev–Trinajstić information content (AvgIpc) is 2.44. The van der Waals surface area contributed by atoms with Gasteiger partial charge in [-0.2, -0.15) is 30.7 Å². The number of ether oxygens (including phenoxy) is 1. The molecule has 134 valence electrons. The monoisotopic (exact) mass is 383 g/mol. The number of carbonyl (C=O) groups is 1. The van der Waals surface area contributed by atoms with Crippen LogP contribution < -0.4 is 0 Å². The van der Waals surface area contributed by atoms with E-state index in [1.165, 1.54) is 0 Å². The Kier molecular flexibility index (Phi) is 5.33. The topological polar surface area (TPSA) is 69.4 Å². The highest BCUT2D eigenvalue weighted by molar-refractivity contribution is 6.31. The summed E-state index contributed by atoms with van der Waals surface area (Å²) in [5.41, 5.74) is -1.04. The summed E-state index contributed by atoms with van der Waals surface area (Å²) >= 11 is 5.53. The molecule has 0 unspecified atom stereocenters. The molecule has 1 rings (SSSR count). The smallest absolute Gasteiger partial charge is 0.456 e. The van der Waals surface area contributed by atoms with Crippen LogP contribution in [0.2, 0.25) is 5.02 Å². The number of carbonyl (C=O) groups excluding carboxylic acids is 1. The predicted molar refractivity (Wildman–Crippen MR) is 63.9 cm³/mol. The quantitative estimate of drug-likeness (QED) is 0.332. The maximum atomic E-state index is 13.0. The molecule has 24 heavy (non-hydrogen) atoms. The number of nitrogens with zero attached hydrogens (tertiary/aromatic N) is 1. The summed E-state index contributed by atoms with van der Waals surface area (Å²) in [5.74, 6) is -16.0. The molecular weight excluding hydrogens is 379 g/mol. The van der Waals surface area contributed by atoms with Crippen molar-refractivity contribution < 1.29 is 45.2 Å². The lowest BCUT2D eigenvalue weighted by molar-refractivity contribution is -0.385. The molecule has 0 aromatic heterocycles. The summed E-state index contributed by atoms with van der Waals surface area (Å²) < 4.78 is 90.8. The molecule has 1 aromatic carbocycles. The average molecular weight is 384 g/mol. The second-order valence-corrected chi connectivity index (χ2v) is 4.66. The van der Waals surface area contributed by atoms with Crippen molar-refractivity contribution in [3.8, 4) is 0 Å². The Morgan fingerprint density at radius 2 is 1.71 bits per heavy atom. The summed E-state index contributed by atoms with van der Waals surface area (Å²) in [5, 5.41) is 10.2. The maximum absolute atomic E-state index is 13.0. The minimum absolute atomic E-state index is 0.320. The van der Waals surface area contributed by atoms with Crippen LogP contribution in [0.25, 0.3) is 0 Å². The van der Waals surface area contributed by atoms with Gasteiger partial charge in [0.25, 0.3) is 5.69 Å². The fourth-order valence-electron chi connectivity index (χ4n) is 1.33. The Morgan fingerprint density at radius 1 is 1.17 bits per heavy atom. The maximum Gasteiger partial charge on any atom is 0.460 e. The zero-order valence-electron chi connectivity index (χ0n) is 11.0. The molecule has 0 N–H and O–H groups in total. The van der Waals surface area contributed by atoms with Crippen molar-refractivity contribution in [3.05, 3.63) is 38.9 Å². The van der Waals surface area contributed by atoms with E-state index in [0.717, 1.165) is 12.1 Å². The van der Waals surface area contributed by atoms with Gasteiger partial charge in [0.2, 0.25) is 0 Å². The van der Waals surface area contributed by atoms with Crippen LogP contribution in [0.4, 0.5) is 36.4 Å². The van der Waals surface area contributed by atoms with Crippen LogP contribution in [0, 0.1) is 10.1 Å². The number of benzene rings is 1. The molecule has 0 amide bonds. The van der Waals surface area contributed by atoms with E-state index in [0.29, 0.717) is 6.07 Å². The number of nitro groups is 1. The Hall–Kier alpha value is -2.11. The van der Waals surface area contributed by atoms with E-state index >= 15 is 0 Å². The first-order valence-corrected chi connectivity index (χ1v) is 6.02. The van der Waals surface area contributed by atoms with E-state index in [1.54, 1.807) is 0 Å². The van der Waals surface area contributed by atoms with Gasteiger partial charge >= 0.3 is 24.0 Å². The van der Waals surface area contributed by atoms with E-state index in [1.807, 2.05) is 0 Å². The van der Waals surface area contributed by atoms with Crippen molar-refractivity contribution in [1.29, 1.82) is 0 Å². The van der Waals surface area contributed by atoms with Gasteiger partial charge in [0.05, 0.1) is 4.92 Å². The summed E-state index contributed by atoms with van der Waals surface area (Å²) in [6.07, 6.45) is -6.70. The zero-order valence-corrected chi connectivity index (χ0v) is 11.8. The van der Waals surface area contributed by atoms with E-state index in [2.05, 4.69) is 4.74 Å². The molecule has 0 bridgehead atoms. The summed E-state index contributed by atoms with van der Waals surface area (Å²) in [4.78, 5) is 20.5. The van der Waals surface area contributed by atoms with Crippen molar-refractivity contribution >= 4 is 23.3 Å². The number of nitro benzene ring substituents is 1. The van der Waals surface area contributed by atoms with E-state index < -0.39 is 46.8 Å². The molecule has 0 aliphatic carbocycles. The second-order valence-electron chi connectivity index (χ2n) is 4.26. The minimum atomic E-state index is -6.70. The first-order valence-electron chi connectivity index (χ1n) is 5.64. The normalized spacial score (nSPS) is 12.8. The fraction of sp³-hybridized carbons (Fsp3) is 0.364. The number of alkyl halides is 7. The second kappa shape index (κ2) is 6.42. The third-order valence-corrected chi connectivity index (χ3v) is 2.97. The molecule has 0 saturated carbocycles. The molecule has 5 nitrogen and oxygen atoms in total. The van der Waals surface area contributed by atoms with Crippen LogP contribution in [0.15, 0.2) is 18.2 Å². The van der Waals surface area contributed by atoms with Crippen molar-refractivity contribution in [2.75, 3.05) is 0 Å². The fourth-order valence-corrected chi connectivity index (χ4v) is 1.50. The highest BCUT2D eigenvalue weighted by Crippen LogP contribution is 2.47. The van der Waals surface area contributed by atoms with E-state index in [4.69, 9.17) is 11.6 Å². The molecule has 0 aliphatic heterocycles. The number of hydrogen-bond donors (Lipinski definition) is 0. The molecule has 0 radical (unpaired) electrons. The lowest BCUT2D eigenvalue weighted by Crippen LogP contribution is -2.56. The molecule has 0 spiro atoms. The van der Waals surface area contributed by atoms with Crippen LogP contribution >= 0.6 is 11.6 Å². The molecule has 0 saturated heterocycles. The highest BCUT2D eigenvalue weighted by Gasteiger charge is 2.77. The molecular formula is C11H5ClF7NO4. The molecule has 13 heteroatoms. The number of hydrogen-bond acceptors (Lipinski definition) is 4. The first-order chi connectivity index (χ1) is 10.7. The van der Waals surface area contributed by atoms with Gasteiger partial charge in [-0.15, -0.1) is 0 Å². The number of rotatable bonds is 5. The van der Waals surface area contributed by atoms with Gasteiger partial charge in [-0.1, -0.05) is 11.6 Å². The van der Waals surface area contributed by atoms with Gasteiger partial charge in [0.1, 0.15) is 6.61 Å². The molecule has 0 atom stereocenters. The SMILES string of the molecule is O=C(OCc1cc([N+](=O)[O-])ccc1Cl)C(F)(F)C(F)(F)C(F)(F)F. The zero-order chi connectivity index (χ0) is 18.9. The van der Waals surface area contributed by atoms with Crippen molar-refractivity contribution in [3.63, 3.8) is 0 Å². The highest BCUT2D eigenvalue weighted by atomic mass is 35.5. The predicted octanol–water partition coefficient (Wildman–Crippen LogP) is 4.12. The van der Waals surface area contributed by atoms with Gasteiger partial charge in [0, 0.05) is 22.7 Å². The largest absolute Gasteiger partial charge is 0.460 e. The molecule has 1 aromatic rings. The van der Waals surface area contributed by atoms with Gasteiger partial charge in [-0.3, -0.25) is 10.1 Å². The van der Waals surface area contributed by atoms with Crippen molar-refractivity contribution in [2.24, 2.45) is 0 Å². The minimum Gasteiger partial charge on any atom is -0.456 e. The first kappa shape index (κ1) is 19.9. The summed E-state index contributed by atoms with van der Waals surface area (Å²) in [6, 6.07) is 2.50. The van der Waals surface area contributed by atoms with Crippen molar-refractivity contribution in [2.45, 2.75) is 24.6 Å². The van der Waals surface area contributed by atoms with E-state index in [-0.39, 0.29) is 5.02 Å². The number of non-ortho nitro benzene ring substituents is 1. The van der Waals surface area contributed by atoms with Crippen LogP contribution in [0.3, 0.4) is 0 Å². The Morgan fingerprint density at radius 3 is 2.17 bits per heavy atom. The summed E-state index contributed by atoms with van der Waals surface area (Å²) in [6.45, 7) is -1.27. The van der Waals surface area contributed by atoms with Gasteiger partial charge in [-0.05, 0) is 6.07 Å². The summed E-state index contributed by atoms with van der Waals surface area (Å²) in [7, 11) is 0. The van der Waals surface area contributed by atoms with Gasteiger partial charge < -0.3 is 4.74 Å². The van der Waals surface area contributed by atoms with Crippen LogP contribution in [0.5, 0.6) is 0 Å². The van der Waals surface area contributed by atoms with Crippen molar-refractivity contribution in [1.82, 2.24) is 0 Å². The van der Waals surface area contributed by atoms with Gasteiger partial charge in [-0.25, -0.2) is 4.79 Å². The van der Waals surface area contributed by atoms with E-state index in [9.17, 15) is 45.6 Å². The van der Waals surface area contributed by atoms with Crippen LogP contribution in [0.1, 0.15) is 5.56 Å². The number of esters is 1. The Labute approximate surface area is 133 Å². The van der Waals surface area contributed by atoms with Crippen LogP contribution in [-0.4, -0.2) is 28.9 Å². The molecule has 0 heterocycles.